The Morgan fingerprint density at radius 1 is 1.45 bits per heavy atom. The van der Waals surface area contributed by atoms with Crippen molar-refractivity contribution in [3.63, 3.8) is 0 Å². The van der Waals surface area contributed by atoms with Crippen LogP contribution in [0, 0.1) is 0 Å². The molecule has 3 N–H and O–H groups in total. The number of rotatable bonds is 1. The summed E-state index contributed by atoms with van der Waals surface area (Å²) in [6.45, 7) is 0. The maximum absolute atomic E-state index is 9.53. The Hall–Kier alpha value is -0.318. The molecule has 58 valence electrons. The summed E-state index contributed by atoms with van der Waals surface area (Å²) in [6.07, 6.45) is 1.00. The van der Waals surface area contributed by atoms with E-state index in [0.29, 0.717) is 0 Å². The van der Waals surface area contributed by atoms with Crippen LogP contribution in [0.2, 0.25) is 0 Å². The molecule has 0 unspecified atom stereocenters. The van der Waals surface area contributed by atoms with Crippen LogP contribution in [0.15, 0.2) is 0 Å². The van der Waals surface area contributed by atoms with Crippen LogP contribution in [-0.4, -0.2) is 41.8 Å². The van der Waals surface area contributed by atoms with Crippen molar-refractivity contribution in [1.29, 1.82) is 0 Å². The third-order valence-corrected chi connectivity index (χ3v) is 0.269. The number of methoxy groups -OCH3 is 1. The fourth-order valence-electron chi connectivity index (χ4n) is 0.0417. The van der Waals surface area contributed by atoms with Crippen LogP contribution in [0.3, 0.4) is 0 Å². The van der Waals surface area contributed by atoms with Crippen molar-refractivity contribution in [3.05, 3.63) is 0 Å². The van der Waals surface area contributed by atoms with Crippen LogP contribution < -0.4 is 18.9 Å². The molecule has 0 aliphatic heterocycles. The van der Waals surface area contributed by atoms with E-state index in [-0.39, 0.29) is 18.9 Å². The first-order valence-corrected chi connectivity index (χ1v) is 2.05. The van der Waals surface area contributed by atoms with Gasteiger partial charge in [0.25, 0.3) is 0 Å². The zero-order chi connectivity index (χ0) is 8.57. The molecule has 0 fully saturated rings. The van der Waals surface area contributed by atoms with Gasteiger partial charge in [-0.1, -0.05) is 0 Å². The van der Waals surface area contributed by atoms with E-state index in [1.54, 1.807) is 0 Å². The Bertz CT molecular complexity index is 103. The second-order valence-corrected chi connectivity index (χ2v) is 0.940. The van der Waals surface area contributed by atoms with Gasteiger partial charge >= 0.3 is 26.2 Å². The summed E-state index contributed by atoms with van der Waals surface area (Å²) in [6, 6.07) is 0. The van der Waals surface area contributed by atoms with Crippen molar-refractivity contribution in [2.75, 3.05) is 7.11 Å². The van der Waals surface area contributed by atoms with Crippen LogP contribution >= 0.6 is 0 Å². The Balaban J connectivity index is -0.000000114. The van der Waals surface area contributed by atoms with Crippen molar-refractivity contribution in [3.8, 4) is 0 Å². The number of hydrogen-bond donors (Lipinski definition) is 3. The molecule has 0 saturated heterocycles. The van der Waals surface area contributed by atoms with E-state index in [2.05, 4.69) is 4.74 Å². The molecule has 0 atom stereocenters. The molecular weight excluding hydrogens is 150 g/mol. The normalized spacial score (nSPS) is 6.18. The van der Waals surface area contributed by atoms with Crippen LogP contribution in [0.1, 0.15) is 0 Å². The van der Waals surface area contributed by atoms with Crippen molar-refractivity contribution in [2.45, 2.75) is 0 Å². The van der Waals surface area contributed by atoms with Gasteiger partial charge in [0.2, 0.25) is 0 Å². The van der Waals surface area contributed by atoms with Crippen molar-refractivity contribution in [2.24, 2.45) is 0 Å². The summed E-state index contributed by atoms with van der Waals surface area (Å²) in [5, 5.41) is 21.5. The average Bonchev–Trinajstić information content (AvgIpc) is 1.85. The number of hydrogen-bond acceptors (Lipinski definition) is 6. The smallest absolute Gasteiger partial charge is 0.531 e. The average molecular weight is 156 g/mol. The molecule has 0 aromatic carbocycles. The van der Waals surface area contributed by atoms with E-state index in [4.69, 9.17) is 19.9 Å². The molecule has 0 aromatic heterocycles. The van der Waals surface area contributed by atoms with Gasteiger partial charge in [-0.15, -0.1) is 0 Å². The minimum Gasteiger partial charge on any atom is -0.531 e. The van der Waals surface area contributed by atoms with E-state index in [9.17, 15) is 4.79 Å². The van der Waals surface area contributed by atoms with E-state index in [0.717, 1.165) is 13.4 Å². The quantitative estimate of drug-likeness (QED) is 0.151. The van der Waals surface area contributed by atoms with Crippen molar-refractivity contribution in [1.82, 2.24) is 0 Å². The maximum atomic E-state index is 9.53. The second-order valence-electron chi connectivity index (χ2n) is 0.940. The SMILES string of the molecule is COC(=O)[C-]=O.OB(O)O.[Li+]. The summed E-state index contributed by atoms with van der Waals surface area (Å²) in [5.41, 5.74) is 0. The molecule has 0 bridgehead atoms. The first-order valence-electron chi connectivity index (χ1n) is 2.05. The van der Waals surface area contributed by atoms with Crippen molar-refractivity contribution < 1.29 is 48.3 Å². The Morgan fingerprint density at radius 3 is 1.73 bits per heavy atom. The predicted octanol–water partition coefficient (Wildman–Crippen LogP) is -5.78. The summed E-state index contributed by atoms with van der Waals surface area (Å²) in [5.74, 6) is -0.963. The Kier molecular flexibility index (Phi) is 19.1. The summed E-state index contributed by atoms with van der Waals surface area (Å²) in [7, 11) is -1.05. The van der Waals surface area contributed by atoms with Crippen LogP contribution in [0.25, 0.3) is 0 Å². The van der Waals surface area contributed by atoms with E-state index >= 15 is 0 Å². The zero-order valence-electron chi connectivity index (χ0n) is 6.14. The molecule has 0 heterocycles. The van der Waals surface area contributed by atoms with E-state index < -0.39 is 13.3 Å². The zero-order valence-corrected chi connectivity index (χ0v) is 6.14. The van der Waals surface area contributed by atoms with Gasteiger partial charge in [0, 0.05) is 0 Å². The minimum absolute atomic E-state index is 0. The molecule has 0 rings (SSSR count). The third-order valence-electron chi connectivity index (χ3n) is 0.269. The number of ether oxygens (including phenoxy) is 1. The fraction of sp³-hybridized carbons (Fsp3) is 0.333. The van der Waals surface area contributed by atoms with E-state index in [1.165, 1.54) is 0 Å². The number of carbonyl (C=O) groups excluding carboxylic acids is 2. The van der Waals surface area contributed by atoms with Gasteiger partial charge < -0.3 is 24.6 Å². The Labute approximate surface area is 75.5 Å². The van der Waals surface area contributed by atoms with Crippen LogP contribution in [0.5, 0.6) is 0 Å². The first kappa shape index (κ1) is 17.0. The molecule has 0 spiro atoms. The molecule has 0 aromatic rings. The van der Waals surface area contributed by atoms with Gasteiger partial charge in [0.15, 0.2) is 5.97 Å². The first-order chi connectivity index (χ1) is 4.54. The third kappa shape index (κ3) is 42.1. The van der Waals surface area contributed by atoms with Gasteiger partial charge in [0.05, 0.1) is 7.11 Å². The molecule has 0 radical (unpaired) electrons. The van der Waals surface area contributed by atoms with Gasteiger partial charge in [0.1, 0.15) is 0 Å². The monoisotopic (exact) mass is 156 g/mol. The minimum atomic E-state index is -2.17. The van der Waals surface area contributed by atoms with Crippen LogP contribution in [0.4, 0.5) is 0 Å². The van der Waals surface area contributed by atoms with E-state index in [1.807, 2.05) is 0 Å². The van der Waals surface area contributed by atoms with Gasteiger partial charge in [-0.25, -0.2) is 0 Å². The summed E-state index contributed by atoms with van der Waals surface area (Å²) >= 11 is 0. The van der Waals surface area contributed by atoms with Crippen LogP contribution in [-0.2, 0) is 14.3 Å². The fourth-order valence-corrected chi connectivity index (χ4v) is 0.0417. The van der Waals surface area contributed by atoms with Crippen molar-refractivity contribution >= 4 is 19.6 Å². The second kappa shape index (κ2) is 12.4. The standard InChI is InChI=1S/C3H3O3.BH3O3.Li/c1-6-3(5)2-4;2-1(3)4;/h1H3;2-4H;/q-1;;+1. The number of carbonyl (C=O) groups is 1. The molecule has 0 aliphatic carbocycles. The Morgan fingerprint density at radius 2 is 1.73 bits per heavy atom. The predicted molar refractivity (Wildman–Crippen MR) is 30.1 cm³/mol. The molecule has 0 amide bonds. The maximum Gasteiger partial charge on any atom is 1.00 e. The molecule has 11 heavy (non-hydrogen) atoms. The van der Waals surface area contributed by atoms with Gasteiger partial charge in [-0.05, 0) is 0 Å². The molecule has 0 saturated carbocycles. The largest absolute Gasteiger partial charge is 1.00 e. The van der Waals surface area contributed by atoms with Gasteiger partial charge in [-0.2, -0.15) is 6.29 Å². The summed E-state index contributed by atoms with van der Waals surface area (Å²) in [4.78, 5) is 18.7. The molecule has 8 heteroatoms. The summed E-state index contributed by atoms with van der Waals surface area (Å²) < 4.78 is 3.84. The van der Waals surface area contributed by atoms with Gasteiger partial charge in [-0.3, -0.25) is 4.79 Å². The molecule has 6 nitrogen and oxygen atoms in total. The molecule has 0 aliphatic rings. The topological polar surface area (TPSA) is 104 Å². The number of esters is 1. The molecular formula is C3H6BLiO6.